The van der Waals surface area contributed by atoms with Crippen molar-refractivity contribution in [2.45, 2.75) is 13.0 Å². The van der Waals surface area contributed by atoms with Crippen molar-refractivity contribution in [2.75, 3.05) is 7.05 Å². The first kappa shape index (κ1) is 14.2. The molecule has 19 heavy (non-hydrogen) atoms. The Morgan fingerprint density at radius 3 is 2.74 bits per heavy atom. The van der Waals surface area contributed by atoms with Gasteiger partial charge in [0.05, 0.1) is 10.5 Å². The van der Waals surface area contributed by atoms with Crippen LogP contribution in [0.2, 0.25) is 0 Å². The number of rotatable bonds is 3. The maximum Gasteiger partial charge on any atom is 0.254 e. The summed E-state index contributed by atoms with van der Waals surface area (Å²) in [6.07, 6.45) is 0. The van der Waals surface area contributed by atoms with Gasteiger partial charge in [0, 0.05) is 17.5 Å². The summed E-state index contributed by atoms with van der Waals surface area (Å²) in [5, 5.41) is 1.98. The molecule has 1 unspecified atom stereocenters. The normalized spacial score (nSPS) is 12.2. The minimum atomic E-state index is -0.370. The van der Waals surface area contributed by atoms with Crippen LogP contribution in [0, 0.1) is 5.82 Å². The van der Waals surface area contributed by atoms with Crippen LogP contribution in [0.25, 0.3) is 0 Å². The molecule has 1 heterocycles. The quantitative estimate of drug-likeness (QED) is 0.805. The maximum absolute atomic E-state index is 13.2. The monoisotopic (exact) mass is 341 g/mol. The molecule has 1 amide bonds. The molecule has 0 spiro atoms. The molecule has 100 valence electrons. The topological polar surface area (TPSA) is 20.3 Å². The number of halogens is 2. The largest absolute Gasteiger partial charge is 0.334 e. The van der Waals surface area contributed by atoms with E-state index in [1.165, 1.54) is 18.2 Å². The van der Waals surface area contributed by atoms with Crippen LogP contribution in [0.4, 0.5) is 4.39 Å². The summed E-state index contributed by atoms with van der Waals surface area (Å²) in [7, 11) is 1.75. The van der Waals surface area contributed by atoms with Crippen LogP contribution in [0.1, 0.15) is 28.2 Å². The highest BCUT2D eigenvalue weighted by Gasteiger charge is 2.20. The van der Waals surface area contributed by atoms with E-state index >= 15 is 0 Å². The van der Waals surface area contributed by atoms with E-state index in [1.807, 2.05) is 24.4 Å². The van der Waals surface area contributed by atoms with Crippen molar-refractivity contribution < 1.29 is 9.18 Å². The van der Waals surface area contributed by atoms with Gasteiger partial charge in [-0.15, -0.1) is 11.3 Å². The Bertz CT molecular complexity index is 585. The molecule has 0 radical (unpaired) electrons. The molecule has 2 aromatic rings. The molecule has 0 aliphatic rings. The first-order chi connectivity index (χ1) is 9.00. The van der Waals surface area contributed by atoms with Crippen LogP contribution in [0.15, 0.2) is 40.2 Å². The maximum atomic E-state index is 13.2. The average molecular weight is 342 g/mol. The summed E-state index contributed by atoms with van der Waals surface area (Å²) in [6.45, 7) is 1.97. The Kier molecular flexibility index (Phi) is 4.37. The van der Waals surface area contributed by atoms with Gasteiger partial charge in [0.1, 0.15) is 5.82 Å². The van der Waals surface area contributed by atoms with Crippen LogP contribution in [0.3, 0.4) is 0 Å². The van der Waals surface area contributed by atoms with Gasteiger partial charge in [-0.2, -0.15) is 0 Å². The van der Waals surface area contributed by atoms with Crippen molar-refractivity contribution in [2.24, 2.45) is 0 Å². The number of carbonyl (C=O) groups is 1. The summed E-state index contributed by atoms with van der Waals surface area (Å²) in [4.78, 5) is 15.1. The molecular formula is C14H13BrFNOS. The average Bonchev–Trinajstić information content (AvgIpc) is 2.93. The summed E-state index contributed by atoms with van der Waals surface area (Å²) in [5.74, 6) is -0.493. The predicted molar refractivity (Wildman–Crippen MR) is 78.9 cm³/mol. The van der Waals surface area contributed by atoms with Gasteiger partial charge < -0.3 is 4.90 Å². The third-order valence-electron chi connectivity index (χ3n) is 3.02. The lowest BCUT2D eigenvalue weighted by molar-refractivity contribution is 0.0745. The Morgan fingerprint density at radius 1 is 1.42 bits per heavy atom. The third kappa shape index (κ3) is 3.04. The number of nitrogens with zero attached hydrogens (tertiary/aromatic N) is 1. The smallest absolute Gasteiger partial charge is 0.254 e. The molecule has 1 aromatic carbocycles. The Morgan fingerprint density at radius 2 is 2.16 bits per heavy atom. The second-order valence-electron chi connectivity index (χ2n) is 4.24. The van der Waals surface area contributed by atoms with Crippen LogP contribution in [0.5, 0.6) is 0 Å². The Labute approximate surface area is 124 Å². The fourth-order valence-electron chi connectivity index (χ4n) is 1.73. The van der Waals surface area contributed by atoms with Gasteiger partial charge in [0.25, 0.3) is 5.91 Å². The summed E-state index contributed by atoms with van der Waals surface area (Å²) >= 11 is 4.71. The summed E-state index contributed by atoms with van der Waals surface area (Å²) in [6, 6.07) is 8.26. The number of benzene rings is 1. The lowest BCUT2D eigenvalue weighted by Gasteiger charge is -2.24. The minimum absolute atomic E-state index is 0.00340. The minimum Gasteiger partial charge on any atom is -0.334 e. The van der Waals surface area contributed by atoms with E-state index in [-0.39, 0.29) is 17.8 Å². The van der Waals surface area contributed by atoms with Gasteiger partial charge in [-0.3, -0.25) is 4.79 Å². The first-order valence-corrected chi connectivity index (χ1v) is 7.43. The van der Waals surface area contributed by atoms with Crippen LogP contribution in [-0.4, -0.2) is 17.9 Å². The highest BCUT2D eigenvalue weighted by Crippen LogP contribution is 2.25. The molecule has 0 aliphatic carbocycles. The highest BCUT2D eigenvalue weighted by atomic mass is 79.9. The number of hydrogen-bond acceptors (Lipinski definition) is 2. The molecule has 0 saturated heterocycles. The Hall–Kier alpha value is -1.20. The molecule has 0 N–H and O–H groups in total. The number of hydrogen-bond donors (Lipinski definition) is 0. The van der Waals surface area contributed by atoms with Crippen molar-refractivity contribution in [3.63, 3.8) is 0 Å². The second kappa shape index (κ2) is 5.84. The number of carbonyl (C=O) groups excluding carboxylic acids is 1. The number of thiophene rings is 1. The molecule has 2 nitrogen and oxygen atoms in total. The van der Waals surface area contributed by atoms with E-state index in [0.717, 1.165) is 4.88 Å². The first-order valence-electron chi connectivity index (χ1n) is 5.76. The van der Waals surface area contributed by atoms with Gasteiger partial charge in [-0.1, -0.05) is 6.07 Å². The van der Waals surface area contributed by atoms with Gasteiger partial charge in [0.15, 0.2) is 0 Å². The lowest BCUT2D eigenvalue weighted by Crippen LogP contribution is -2.29. The predicted octanol–water partition coefficient (Wildman–Crippen LogP) is 4.48. The van der Waals surface area contributed by atoms with E-state index < -0.39 is 0 Å². The second-order valence-corrected chi connectivity index (χ2v) is 6.07. The molecule has 0 bridgehead atoms. The molecule has 2 rings (SSSR count). The molecular weight excluding hydrogens is 329 g/mol. The van der Waals surface area contributed by atoms with Gasteiger partial charge in [-0.05, 0) is 52.5 Å². The van der Waals surface area contributed by atoms with Crippen LogP contribution < -0.4 is 0 Å². The van der Waals surface area contributed by atoms with Gasteiger partial charge in [-0.25, -0.2) is 4.39 Å². The van der Waals surface area contributed by atoms with Gasteiger partial charge in [0.2, 0.25) is 0 Å². The van der Waals surface area contributed by atoms with Crippen molar-refractivity contribution in [3.05, 3.63) is 56.4 Å². The van der Waals surface area contributed by atoms with Crippen molar-refractivity contribution in [1.29, 1.82) is 0 Å². The van der Waals surface area contributed by atoms with E-state index in [0.29, 0.717) is 10.0 Å². The van der Waals surface area contributed by atoms with Crippen molar-refractivity contribution in [1.82, 2.24) is 4.90 Å². The van der Waals surface area contributed by atoms with Crippen LogP contribution in [-0.2, 0) is 0 Å². The van der Waals surface area contributed by atoms with Crippen LogP contribution >= 0.6 is 27.3 Å². The summed E-state index contributed by atoms with van der Waals surface area (Å²) in [5.41, 5.74) is 0.471. The van der Waals surface area contributed by atoms with E-state index in [2.05, 4.69) is 15.9 Å². The van der Waals surface area contributed by atoms with E-state index in [9.17, 15) is 9.18 Å². The third-order valence-corrected chi connectivity index (χ3v) is 4.67. The zero-order chi connectivity index (χ0) is 14.0. The molecule has 0 aliphatic heterocycles. The fraction of sp³-hybridized carbons (Fsp3) is 0.214. The molecule has 1 atom stereocenters. The summed E-state index contributed by atoms with van der Waals surface area (Å²) < 4.78 is 13.5. The lowest BCUT2D eigenvalue weighted by atomic mass is 10.1. The molecule has 0 fully saturated rings. The zero-order valence-electron chi connectivity index (χ0n) is 10.6. The Balaban J connectivity index is 2.21. The van der Waals surface area contributed by atoms with Crippen molar-refractivity contribution in [3.8, 4) is 0 Å². The highest BCUT2D eigenvalue weighted by molar-refractivity contribution is 9.10. The standard InChI is InChI=1S/C14H13BrFNOS/c1-9(13-4-3-7-19-13)17(2)14(18)10-5-6-12(16)11(15)8-10/h3-9H,1-2H3. The molecule has 5 heteroatoms. The van der Waals surface area contributed by atoms with E-state index in [1.54, 1.807) is 23.3 Å². The molecule has 0 saturated carbocycles. The number of amides is 1. The van der Waals surface area contributed by atoms with E-state index in [4.69, 9.17) is 0 Å². The molecule has 1 aromatic heterocycles. The van der Waals surface area contributed by atoms with Gasteiger partial charge >= 0.3 is 0 Å². The van der Waals surface area contributed by atoms with Crippen molar-refractivity contribution >= 4 is 33.2 Å². The SMILES string of the molecule is CC(c1cccs1)N(C)C(=O)c1ccc(F)c(Br)c1. The zero-order valence-corrected chi connectivity index (χ0v) is 13.0. The fourth-order valence-corrected chi connectivity index (χ4v) is 2.93.